The van der Waals surface area contributed by atoms with Crippen molar-refractivity contribution < 1.29 is 9.84 Å². The molecule has 16 heavy (non-hydrogen) atoms. The molecule has 0 aromatic rings. The zero-order valence-electron chi connectivity index (χ0n) is 10.2. The summed E-state index contributed by atoms with van der Waals surface area (Å²) in [6.45, 7) is 7.08. The maximum Gasteiger partial charge on any atom is 0.0826 e. The Balaban J connectivity index is 1.68. The molecule has 0 aromatic heterocycles. The lowest BCUT2D eigenvalue weighted by Gasteiger charge is -2.33. The van der Waals surface area contributed by atoms with Gasteiger partial charge in [-0.15, -0.1) is 0 Å². The molecule has 1 aliphatic heterocycles. The molecule has 0 spiro atoms. The van der Waals surface area contributed by atoms with Crippen LogP contribution in [0.1, 0.15) is 26.2 Å². The van der Waals surface area contributed by atoms with Gasteiger partial charge in [-0.1, -0.05) is 6.92 Å². The summed E-state index contributed by atoms with van der Waals surface area (Å²) < 4.78 is 5.72. The Kier molecular flexibility index (Phi) is 4.58. The molecule has 2 rings (SSSR count). The van der Waals surface area contributed by atoms with Gasteiger partial charge in [0.1, 0.15) is 0 Å². The van der Waals surface area contributed by atoms with Gasteiger partial charge in [0.2, 0.25) is 0 Å². The van der Waals surface area contributed by atoms with Crippen molar-refractivity contribution in [3.8, 4) is 0 Å². The Morgan fingerprint density at radius 2 is 2.31 bits per heavy atom. The van der Waals surface area contributed by atoms with Gasteiger partial charge < -0.3 is 15.2 Å². The van der Waals surface area contributed by atoms with E-state index in [1.54, 1.807) is 0 Å². The average Bonchev–Trinajstić information content (AvgIpc) is 2.72. The highest BCUT2D eigenvalue weighted by molar-refractivity contribution is 4.84. The quantitative estimate of drug-likeness (QED) is 0.722. The lowest BCUT2D eigenvalue weighted by Crippen LogP contribution is -2.49. The average molecular weight is 228 g/mol. The highest BCUT2D eigenvalue weighted by Gasteiger charge is 2.26. The van der Waals surface area contributed by atoms with Crippen molar-refractivity contribution in [2.24, 2.45) is 0 Å². The Bertz CT molecular complexity index is 213. The van der Waals surface area contributed by atoms with Crippen molar-refractivity contribution in [2.45, 2.75) is 44.4 Å². The molecule has 2 fully saturated rings. The van der Waals surface area contributed by atoms with Gasteiger partial charge in [-0.05, 0) is 25.8 Å². The number of nitrogens with zero attached hydrogens (tertiary/aromatic N) is 1. The second kappa shape index (κ2) is 5.96. The predicted octanol–water partition coefficient (Wildman–Crippen LogP) is 0.210. The van der Waals surface area contributed by atoms with Crippen LogP contribution in [0.25, 0.3) is 0 Å². The summed E-state index contributed by atoms with van der Waals surface area (Å²) in [5, 5.41) is 13.1. The highest BCUT2D eigenvalue weighted by atomic mass is 16.5. The summed E-state index contributed by atoms with van der Waals surface area (Å²) in [4.78, 5) is 2.42. The van der Waals surface area contributed by atoms with Crippen molar-refractivity contribution in [1.29, 1.82) is 0 Å². The Morgan fingerprint density at radius 3 is 3.00 bits per heavy atom. The van der Waals surface area contributed by atoms with E-state index in [-0.39, 0.29) is 6.10 Å². The minimum absolute atomic E-state index is 0.147. The van der Waals surface area contributed by atoms with E-state index in [4.69, 9.17) is 4.74 Å². The van der Waals surface area contributed by atoms with Gasteiger partial charge in [0.05, 0.1) is 18.8 Å². The molecule has 94 valence electrons. The molecule has 2 aliphatic rings. The number of likely N-dealkylation sites (N-methyl/N-ethyl adjacent to an activating group) is 1. The van der Waals surface area contributed by atoms with Crippen molar-refractivity contribution >= 4 is 0 Å². The molecule has 1 aliphatic carbocycles. The van der Waals surface area contributed by atoms with Crippen LogP contribution in [-0.4, -0.2) is 61.0 Å². The minimum atomic E-state index is -0.147. The molecule has 1 unspecified atom stereocenters. The number of rotatable bonds is 4. The normalized spacial score (nSPS) is 36.8. The summed E-state index contributed by atoms with van der Waals surface area (Å²) in [6.07, 6.45) is 3.34. The summed E-state index contributed by atoms with van der Waals surface area (Å²) >= 11 is 0. The molecule has 4 heteroatoms. The topological polar surface area (TPSA) is 44.7 Å². The number of morpholine rings is 1. The van der Waals surface area contributed by atoms with Crippen LogP contribution in [0, 0.1) is 0 Å². The lowest BCUT2D eigenvalue weighted by atomic mass is 10.2. The van der Waals surface area contributed by atoms with Crippen molar-refractivity contribution in [1.82, 2.24) is 10.2 Å². The molecule has 0 bridgehead atoms. The van der Waals surface area contributed by atoms with E-state index in [1.807, 2.05) is 0 Å². The van der Waals surface area contributed by atoms with Crippen LogP contribution in [0.2, 0.25) is 0 Å². The zero-order chi connectivity index (χ0) is 11.4. The second-order valence-corrected chi connectivity index (χ2v) is 4.90. The molecule has 3 atom stereocenters. The highest BCUT2D eigenvalue weighted by Crippen LogP contribution is 2.18. The predicted molar refractivity (Wildman–Crippen MR) is 63.5 cm³/mol. The van der Waals surface area contributed by atoms with Crippen LogP contribution < -0.4 is 5.32 Å². The van der Waals surface area contributed by atoms with Gasteiger partial charge in [0.25, 0.3) is 0 Å². The van der Waals surface area contributed by atoms with Crippen LogP contribution >= 0.6 is 0 Å². The van der Waals surface area contributed by atoms with E-state index < -0.39 is 0 Å². The van der Waals surface area contributed by atoms with Crippen LogP contribution in [-0.2, 0) is 4.74 Å². The fraction of sp³-hybridized carbons (Fsp3) is 1.00. The fourth-order valence-electron chi connectivity index (χ4n) is 2.65. The monoisotopic (exact) mass is 228 g/mol. The van der Waals surface area contributed by atoms with E-state index in [2.05, 4.69) is 17.1 Å². The van der Waals surface area contributed by atoms with Gasteiger partial charge in [-0.2, -0.15) is 0 Å². The maximum atomic E-state index is 9.70. The number of nitrogens with one attached hydrogen (secondary N) is 1. The molecule has 2 N–H and O–H groups in total. The number of aliphatic hydroxyl groups excluding tert-OH is 1. The fourth-order valence-corrected chi connectivity index (χ4v) is 2.65. The molecule has 1 saturated carbocycles. The molecule has 0 aromatic carbocycles. The molecule has 0 amide bonds. The van der Waals surface area contributed by atoms with Crippen LogP contribution in [0.4, 0.5) is 0 Å². The maximum absolute atomic E-state index is 9.70. The number of ether oxygens (including phenoxy) is 1. The Labute approximate surface area is 98.0 Å². The first kappa shape index (κ1) is 12.3. The van der Waals surface area contributed by atoms with Gasteiger partial charge >= 0.3 is 0 Å². The lowest BCUT2D eigenvalue weighted by molar-refractivity contribution is -0.0278. The minimum Gasteiger partial charge on any atom is -0.392 e. The van der Waals surface area contributed by atoms with Crippen LogP contribution in [0.3, 0.4) is 0 Å². The number of hydrogen-bond acceptors (Lipinski definition) is 4. The molecule has 0 radical (unpaired) electrons. The molecule has 4 nitrogen and oxygen atoms in total. The van der Waals surface area contributed by atoms with E-state index in [1.165, 1.54) is 0 Å². The van der Waals surface area contributed by atoms with Gasteiger partial charge in [0, 0.05) is 25.7 Å². The van der Waals surface area contributed by atoms with E-state index in [0.717, 1.165) is 52.0 Å². The summed E-state index contributed by atoms with van der Waals surface area (Å²) in [7, 11) is 0. The first-order valence-electron chi connectivity index (χ1n) is 6.55. The van der Waals surface area contributed by atoms with Crippen molar-refractivity contribution in [3.63, 3.8) is 0 Å². The largest absolute Gasteiger partial charge is 0.392 e. The van der Waals surface area contributed by atoms with Crippen molar-refractivity contribution in [3.05, 3.63) is 0 Å². The first-order valence-corrected chi connectivity index (χ1v) is 6.55. The Morgan fingerprint density at radius 1 is 1.44 bits per heavy atom. The molecular formula is C12H24N2O2. The second-order valence-electron chi connectivity index (χ2n) is 4.90. The third kappa shape index (κ3) is 3.17. The zero-order valence-corrected chi connectivity index (χ0v) is 10.2. The number of hydrogen-bond donors (Lipinski definition) is 2. The first-order chi connectivity index (χ1) is 7.79. The molecule has 1 saturated heterocycles. The smallest absolute Gasteiger partial charge is 0.0826 e. The van der Waals surface area contributed by atoms with E-state index >= 15 is 0 Å². The summed E-state index contributed by atoms with van der Waals surface area (Å²) in [6, 6.07) is 0.292. The summed E-state index contributed by atoms with van der Waals surface area (Å²) in [5.41, 5.74) is 0. The standard InChI is InChI=1S/C12H24N2O2/c1-2-14-6-7-16-10(9-14)8-13-11-4-3-5-12(11)15/h10-13,15H,2-9H2,1H3/t10?,11-,12-/m1/s1. The van der Waals surface area contributed by atoms with Gasteiger partial charge in [-0.3, -0.25) is 4.90 Å². The number of aliphatic hydroxyl groups is 1. The van der Waals surface area contributed by atoms with E-state index in [9.17, 15) is 5.11 Å². The third-order valence-electron chi connectivity index (χ3n) is 3.76. The Hall–Kier alpha value is -0.160. The SMILES string of the molecule is CCN1CCOC(CN[C@@H]2CCC[C@H]2O)C1. The molecular weight excluding hydrogens is 204 g/mol. The molecule has 1 heterocycles. The summed E-state index contributed by atoms with van der Waals surface area (Å²) in [5.74, 6) is 0. The third-order valence-corrected chi connectivity index (χ3v) is 3.76. The van der Waals surface area contributed by atoms with Crippen LogP contribution in [0.15, 0.2) is 0 Å². The van der Waals surface area contributed by atoms with E-state index in [0.29, 0.717) is 12.1 Å². The van der Waals surface area contributed by atoms with Gasteiger partial charge in [0.15, 0.2) is 0 Å². The van der Waals surface area contributed by atoms with Gasteiger partial charge in [-0.25, -0.2) is 0 Å². The van der Waals surface area contributed by atoms with Crippen LogP contribution in [0.5, 0.6) is 0 Å². The van der Waals surface area contributed by atoms with Crippen molar-refractivity contribution in [2.75, 3.05) is 32.8 Å².